The van der Waals surface area contributed by atoms with Crippen LogP contribution in [-0.2, 0) is 11.2 Å². The minimum atomic E-state index is -0.109. The highest BCUT2D eigenvalue weighted by molar-refractivity contribution is 5.27. The smallest absolute Gasteiger partial charge is 0.0851 e. The van der Waals surface area contributed by atoms with Gasteiger partial charge in [-0.1, -0.05) is 49.9 Å². The molecule has 1 aliphatic carbocycles. The molecule has 0 saturated heterocycles. The first-order valence-electron chi connectivity index (χ1n) is 8.36. The van der Waals surface area contributed by atoms with E-state index in [9.17, 15) is 0 Å². The molecule has 1 aromatic carbocycles. The number of rotatable bonds is 6. The number of benzene rings is 1. The number of aryl methyl sites for hydroxylation is 1. The van der Waals surface area contributed by atoms with Crippen LogP contribution in [0.25, 0.3) is 0 Å². The predicted molar refractivity (Wildman–Crippen MR) is 88.1 cm³/mol. The maximum absolute atomic E-state index is 6.27. The van der Waals surface area contributed by atoms with Crippen LogP contribution in [0.4, 0.5) is 0 Å². The van der Waals surface area contributed by atoms with E-state index in [0.717, 1.165) is 25.9 Å². The van der Waals surface area contributed by atoms with Crippen LogP contribution in [-0.4, -0.2) is 18.2 Å². The van der Waals surface area contributed by atoms with Gasteiger partial charge in [0.25, 0.3) is 0 Å². The quantitative estimate of drug-likeness (QED) is 0.479. The molecule has 1 aliphatic rings. The highest BCUT2D eigenvalue weighted by Crippen LogP contribution is 2.35. The van der Waals surface area contributed by atoms with Crippen LogP contribution < -0.4 is 11.3 Å². The van der Waals surface area contributed by atoms with Gasteiger partial charge in [0.05, 0.1) is 11.6 Å². The van der Waals surface area contributed by atoms with E-state index in [1.807, 2.05) is 0 Å². The van der Waals surface area contributed by atoms with Crippen LogP contribution in [0.3, 0.4) is 0 Å². The second-order valence-corrected chi connectivity index (χ2v) is 6.26. The number of hydrazine groups is 1. The third kappa shape index (κ3) is 4.06. The molecule has 1 saturated carbocycles. The van der Waals surface area contributed by atoms with Gasteiger partial charge < -0.3 is 4.74 Å². The zero-order valence-electron chi connectivity index (χ0n) is 13.5. The van der Waals surface area contributed by atoms with Gasteiger partial charge in [0.2, 0.25) is 0 Å². The second kappa shape index (κ2) is 7.92. The van der Waals surface area contributed by atoms with Gasteiger partial charge in [0, 0.05) is 6.61 Å². The van der Waals surface area contributed by atoms with Gasteiger partial charge >= 0.3 is 0 Å². The number of hydrogen-bond donors (Lipinski definition) is 2. The lowest BCUT2D eigenvalue weighted by Gasteiger charge is -2.40. The van der Waals surface area contributed by atoms with Crippen molar-refractivity contribution in [1.29, 1.82) is 0 Å². The fraction of sp³-hybridized carbons (Fsp3) is 0.667. The summed E-state index contributed by atoms with van der Waals surface area (Å²) >= 11 is 0. The lowest BCUT2D eigenvalue weighted by atomic mass is 9.82. The normalized spacial score (nSPS) is 20.0. The van der Waals surface area contributed by atoms with Crippen molar-refractivity contribution in [3.05, 3.63) is 35.4 Å². The molecule has 0 bridgehead atoms. The summed E-state index contributed by atoms with van der Waals surface area (Å²) in [5.41, 5.74) is 5.66. The van der Waals surface area contributed by atoms with Crippen molar-refractivity contribution in [2.45, 2.75) is 70.4 Å². The summed E-state index contributed by atoms with van der Waals surface area (Å²) in [5.74, 6) is 5.94. The molecule has 2 rings (SSSR count). The first-order valence-corrected chi connectivity index (χ1v) is 8.36. The zero-order chi connectivity index (χ0) is 15.1. The monoisotopic (exact) mass is 290 g/mol. The number of ether oxygens (including phenoxy) is 1. The molecule has 21 heavy (non-hydrogen) atoms. The van der Waals surface area contributed by atoms with Gasteiger partial charge in [0.15, 0.2) is 0 Å². The van der Waals surface area contributed by atoms with Crippen LogP contribution >= 0.6 is 0 Å². The van der Waals surface area contributed by atoms with Crippen molar-refractivity contribution in [2.75, 3.05) is 6.61 Å². The number of nitrogens with one attached hydrogen (secondary N) is 1. The molecule has 3 nitrogen and oxygen atoms in total. The van der Waals surface area contributed by atoms with Gasteiger partial charge in [-0.3, -0.25) is 11.3 Å². The van der Waals surface area contributed by atoms with Crippen molar-refractivity contribution < 1.29 is 4.74 Å². The van der Waals surface area contributed by atoms with E-state index in [4.69, 9.17) is 10.6 Å². The van der Waals surface area contributed by atoms with Crippen LogP contribution in [0.1, 0.15) is 56.6 Å². The molecule has 3 heteroatoms. The summed E-state index contributed by atoms with van der Waals surface area (Å²) in [6.07, 6.45) is 8.28. The Morgan fingerprint density at radius 2 is 1.86 bits per heavy atom. The molecule has 0 spiro atoms. The van der Waals surface area contributed by atoms with Gasteiger partial charge in [-0.05, 0) is 44.2 Å². The van der Waals surface area contributed by atoms with Crippen LogP contribution in [0, 0.1) is 6.92 Å². The minimum Gasteiger partial charge on any atom is -0.374 e. The number of nitrogens with two attached hydrogens (primary N) is 1. The Balaban J connectivity index is 2.20. The van der Waals surface area contributed by atoms with Gasteiger partial charge in [-0.15, -0.1) is 0 Å². The van der Waals surface area contributed by atoms with E-state index in [1.54, 1.807) is 0 Å². The summed E-state index contributed by atoms with van der Waals surface area (Å²) in [6.45, 7) is 5.02. The standard InChI is InChI=1S/C18H30N2O/c1-3-21-18(12-8-4-5-9-13-18)17(20-19)14-16-11-7-6-10-15(16)2/h6-7,10-11,17,20H,3-5,8-9,12-14,19H2,1-2H3. The summed E-state index contributed by atoms with van der Waals surface area (Å²) in [6, 6.07) is 8.75. The second-order valence-electron chi connectivity index (χ2n) is 6.26. The Bertz CT molecular complexity index is 425. The van der Waals surface area contributed by atoms with Crippen molar-refractivity contribution in [1.82, 2.24) is 5.43 Å². The van der Waals surface area contributed by atoms with E-state index in [2.05, 4.69) is 43.5 Å². The lowest BCUT2D eigenvalue weighted by Crippen LogP contribution is -2.56. The Morgan fingerprint density at radius 3 is 2.43 bits per heavy atom. The van der Waals surface area contributed by atoms with Crippen molar-refractivity contribution in [3.8, 4) is 0 Å². The molecule has 3 N–H and O–H groups in total. The van der Waals surface area contributed by atoms with Crippen molar-refractivity contribution in [3.63, 3.8) is 0 Å². The topological polar surface area (TPSA) is 47.3 Å². The zero-order valence-corrected chi connectivity index (χ0v) is 13.5. The average Bonchev–Trinajstić information content (AvgIpc) is 2.73. The molecule has 1 unspecified atom stereocenters. The van der Waals surface area contributed by atoms with Crippen LogP contribution in [0.2, 0.25) is 0 Å². The summed E-state index contributed by atoms with van der Waals surface area (Å²) in [7, 11) is 0. The SMILES string of the molecule is CCOC1(C(Cc2ccccc2C)NN)CCCCCC1. The van der Waals surface area contributed by atoms with E-state index < -0.39 is 0 Å². The molecule has 0 radical (unpaired) electrons. The molecule has 1 atom stereocenters. The summed E-state index contributed by atoms with van der Waals surface area (Å²) in [5, 5.41) is 0. The average molecular weight is 290 g/mol. The fourth-order valence-electron chi connectivity index (χ4n) is 3.66. The molecule has 1 aromatic rings. The molecule has 0 aliphatic heterocycles. The highest BCUT2D eigenvalue weighted by Gasteiger charge is 2.39. The van der Waals surface area contributed by atoms with E-state index in [1.165, 1.54) is 36.8 Å². The first kappa shape index (κ1) is 16.5. The van der Waals surface area contributed by atoms with E-state index in [-0.39, 0.29) is 11.6 Å². The largest absolute Gasteiger partial charge is 0.374 e. The van der Waals surface area contributed by atoms with Crippen molar-refractivity contribution in [2.24, 2.45) is 5.84 Å². The maximum atomic E-state index is 6.27. The van der Waals surface area contributed by atoms with Crippen LogP contribution in [0.15, 0.2) is 24.3 Å². The molecule has 0 aromatic heterocycles. The lowest BCUT2D eigenvalue weighted by molar-refractivity contribution is -0.0768. The Labute approximate surface area is 129 Å². The summed E-state index contributed by atoms with van der Waals surface area (Å²) in [4.78, 5) is 0. The molecule has 118 valence electrons. The van der Waals surface area contributed by atoms with Gasteiger partial charge in [-0.25, -0.2) is 0 Å². The van der Waals surface area contributed by atoms with E-state index >= 15 is 0 Å². The van der Waals surface area contributed by atoms with Gasteiger partial charge in [0.1, 0.15) is 0 Å². The Hall–Kier alpha value is -0.900. The number of hydrogen-bond acceptors (Lipinski definition) is 3. The summed E-state index contributed by atoms with van der Waals surface area (Å²) < 4.78 is 6.27. The highest BCUT2D eigenvalue weighted by atomic mass is 16.5. The first-order chi connectivity index (χ1) is 10.2. The fourth-order valence-corrected chi connectivity index (χ4v) is 3.66. The molecular weight excluding hydrogens is 260 g/mol. The Kier molecular flexibility index (Phi) is 6.22. The van der Waals surface area contributed by atoms with Crippen LogP contribution in [0.5, 0.6) is 0 Å². The third-order valence-electron chi connectivity index (χ3n) is 4.90. The predicted octanol–water partition coefficient (Wildman–Crippen LogP) is 3.50. The van der Waals surface area contributed by atoms with Gasteiger partial charge in [-0.2, -0.15) is 0 Å². The molecule has 0 heterocycles. The van der Waals surface area contributed by atoms with Crippen molar-refractivity contribution >= 4 is 0 Å². The molecule has 0 amide bonds. The molecule has 1 fully saturated rings. The van der Waals surface area contributed by atoms with E-state index in [0.29, 0.717) is 0 Å². The minimum absolute atomic E-state index is 0.109. The molecular formula is C18H30N2O. The Morgan fingerprint density at radius 1 is 1.19 bits per heavy atom. The third-order valence-corrected chi connectivity index (χ3v) is 4.90. The maximum Gasteiger partial charge on any atom is 0.0851 e.